The van der Waals surface area contributed by atoms with Crippen LogP contribution in [0.4, 0.5) is 0 Å². The van der Waals surface area contributed by atoms with Crippen molar-refractivity contribution in [1.29, 1.82) is 0 Å². The van der Waals surface area contributed by atoms with Gasteiger partial charge in [0, 0.05) is 10.9 Å². The molecular formula is C16H18N2O2. The Balaban J connectivity index is 1.86. The van der Waals surface area contributed by atoms with Crippen LogP contribution in [0.15, 0.2) is 45.6 Å². The van der Waals surface area contributed by atoms with Gasteiger partial charge in [-0.25, -0.2) is 4.98 Å². The number of fused-ring (bicyclic) bond motifs is 1. The summed E-state index contributed by atoms with van der Waals surface area (Å²) in [7, 11) is 0. The second-order valence-electron chi connectivity index (χ2n) is 5.87. The van der Waals surface area contributed by atoms with Gasteiger partial charge in [-0.1, -0.05) is 18.2 Å². The predicted octanol–water partition coefficient (Wildman–Crippen LogP) is 3.98. The molecule has 0 fully saturated rings. The van der Waals surface area contributed by atoms with Crippen LogP contribution in [0.2, 0.25) is 0 Å². The Hall–Kier alpha value is -2.07. The molecular weight excluding hydrogens is 252 g/mol. The number of rotatable bonds is 3. The molecule has 3 rings (SSSR count). The van der Waals surface area contributed by atoms with E-state index in [0.717, 1.165) is 22.3 Å². The SMILES string of the molecule is CC(C)(C)NCc1ncc(-c2coc3ccccc23)o1. The number of hydrogen-bond acceptors (Lipinski definition) is 4. The highest BCUT2D eigenvalue weighted by Gasteiger charge is 2.14. The van der Waals surface area contributed by atoms with Crippen molar-refractivity contribution in [3.63, 3.8) is 0 Å². The van der Waals surface area contributed by atoms with Crippen LogP contribution in [0.3, 0.4) is 0 Å². The zero-order valence-electron chi connectivity index (χ0n) is 11.9. The molecule has 0 aliphatic carbocycles. The maximum Gasteiger partial charge on any atom is 0.208 e. The third-order valence-electron chi connectivity index (χ3n) is 3.07. The summed E-state index contributed by atoms with van der Waals surface area (Å²) < 4.78 is 11.3. The fourth-order valence-electron chi connectivity index (χ4n) is 2.03. The fraction of sp³-hybridized carbons (Fsp3) is 0.312. The highest BCUT2D eigenvalue weighted by Crippen LogP contribution is 2.30. The van der Waals surface area contributed by atoms with E-state index >= 15 is 0 Å². The van der Waals surface area contributed by atoms with Gasteiger partial charge in [-0.2, -0.15) is 0 Å². The van der Waals surface area contributed by atoms with Gasteiger partial charge in [0.2, 0.25) is 5.89 Å². The first-order chi connectivity index (χ1) is 9.53. The second kappa shape index (κ2) is 4.80. The van der Waals surface area contributed by atoms with Crippen LogP contribution in [0.5, 0.6) is 0 Å². The van der Waals surface area contributed by atoms with Crippen molar-refractivity contribution in [3.05, 3.63) is 42.6 Å². The van der Waals surface area contributed by atoms with Crippen molar-refractivity contribution < 1.29 is 8.83 Å². The van der Waals surface area contributed by atoms with E-state index in [4.69, 9.17) is 8.83 Å². The van der Waals surface area contributed by atoms with Gasteiger partial charge < -0.3 is 14.2 Å². The minimum Gasteiger partial charge on any atom is -0.464 e. The van der Waals surface area contributed by atoms with E-state index in [1.807, 2.05) is 24.3 Å². The number of para-hydroxylation sites is 1. The van der Waals surface area contributed by atoms with Crippen molar-refractivity contribution in [3.8, 4) is 11.3 Å². The molecule has 0 bridgehead atoms. The summed E-state index contributed by atoms with van der Waals surface area (Å²) >= 11 is 0. The van der Waals surface area contributed by atoms with Crippen LogP contribution in [0.25, 0.3) is 22.3 Å². The molecule has 4 heteroatoms. The largest absolute Gasteiger partial charge is 0.464 e. The molecule has 0 amide bonds. The molecule has 0 aliphatic heterocycles. The molecule has 104 valence electrons. The van der Waals surface area contributed by atoms with Gasteiger partial charge in [0.15, 0.2) is 5.76 Å². The lowest BCUT2D eigenvalue weighted by molar-refractivity contribution is 0.383. The summed E-state index contributed by atoms with van der Waals surface area (Å²) in [5.41, 5.74) is 1.83. The quantitative estimate of drug-likeness (QED) is 0.782. The molecule has 1 aromatic carbocycles. The van der Waals surface area contributed by atoms with Crippen molar-refractivity contribution in [1.82, 2.24) is 10.3 Å². The summed E-state index contributed by atoms with van der Waals surface area (Å²) in [5, 5.41) is 4.39. The molecule has 0 radical (unpaired) electrons. The van der Waals surface area contributed by atoms with Gasteiger partial charge in [-0.05, 0) is 26.8 Å². The van der Waals surface area contributed by atoms with Gasteiger partial charge in [-0.3, -0.25) is 0 Å². The van der Waals surface area contributed by atoms with E-state index in [-0.39, 0.29) is 5.54 Å². The van der Waals surface area contributed by atoms with Crippen molar-refractivity contribution in [2.45, 2.75) is 32.9 Å². The lowest BCUT2D eigenvalue weighted by atomic mass is 10.1. The Morgan fingerprint density at radius 1 is 1.20 bits per heavy atom. The van der Waals surface area contributed by atoms with E-state index in [1.54, 1.807) is 12.5 Å². The van der Waals surface area contributed by atoms with Crippen LogP contribution in [-0.2, 0) is 6.54 Å². The van der Waals surface area contributed by atoms with E-state index in [1.165, 1.54) is 0 Å². The molecule has 0 spiro atoms. The van der Waals surface area contributed by atoms with Gasteiger partial charge in [0.05, 0.1) is 18.3 Å². The summed E-state index contributed by atoms with van der Waals surface area (Å²) in [5.74, 6) is 1.42. The second-order valence-corrected chi connectivity index (χ2v) is 5.87. The Morgan fingerprint density at radius 3 is 2.80 bits per heavy atom. The van der Waals surface area contributed by atoms with Gasteiger partial charge in [0.25, 0.3) is 0 Å². The number of oxazole rings is 1. The van der Waals surface area contributed by atoms with Crippen LogP contribution < -0.4 is 5.32 Å². The first-order valence-corrected chi connectivity index (χ1v) is 6.69. The van der Waals surface area contributed by atoms with E-state index in [9.17, 15) is 0 Å². The maximum atomic E-state index is 5.80. The lowest BCUT2D eigenvalue weighted by Gasteiger charge is -2.18. The molecule has 0 saturated carbocycles. The van der Waals surface area contributed by atoms with Crippen LogP contribution >= 0.6 is 0 Å². The van der Waals surface area contributed by atoms with Crippen LogP contribution in [0.1, 0.15) is 26.7 Å². The van der Waals surface area contributed by atoms with Gasteiger partial charge in [0.1, 0.15) is 11.8 Å². The molecule has 2 aromatic heterocycles. The molecule has 4 nitrogen and oxygen atoms in total. The maximum absolute atomic E-state index is 5.80. The normalized spacial score (nSPS) is 12.2. The average Bonchev–Trinajstić information content (AvgIpc) is 3.01. The van der Waals surface area contributed by atoms with Crippen LogP contribution in [0, 0.1) is 0 Å². The fourth-order valence-corrected chi connectivity index (χ4v) is 2.03. The van der Waals surface area contributed by atoms with Gasteiger partial charge >= 0.3 is 0 Å². The summed E-state index contributed by atoms with van der Waals surface area (Å²) in [4.78, 5) is 4.31. The lowest BCUT2D eigenvalue weighted by Crippen LogP contribution is -2.35. The molecule has 0 aliphatic rings. The molecule has 2 heterocycles. The summed E-state index contributed by atoms with van der Waals surface area (Å²) in [6.07, 6.45) is 3.46. The highest BCUT2D eigenvalue weighted by atomic mass is 16.4. The number of hydrogen-bond donors (Lipinski definition) is 1. The molecule has 3 aromatic rings. The Bertz CT molecular complexity index is 719. The van der Waals surface area contributed by atoms with E-state index in [2.05, 4.69) is 31.1 Å². The number of nitrogens with zero attached hydrogens (tertiary/aromatic N) is 1. The van der Waals surface area contributed by atoms with Crippen molar-refractivity contribution >= 4 is 11.0 Å². The third kappa shape index (κ3) is 2.60. The summed E-state index contributed by atoms with van der Waals surface area (Å²) in [6.45, 7) is 6.95. The molecule has 1 N–H and O–H groups in total. The Kier molecular flexibility index (Phi) is 3.10. The smallest absolute Gasteiger partial charge is 0.208 e. The molecule has 0 atom stereocenters. The van der Waals surface area contributed by atoms with E-state index < -0.39 is 0 Å². The zero-order chi connectivity index (χ0) is 14.2. The third-order valence-corrected chi connectivity index (χ3v) is 3.07. The number of nitrogens with one attached hydrogen (secondary N) is 1. The highest BCUT2D eigenvalue weighted by molar-refractivity contribution is 5.92. The number of aromatic nitrogens is 1. The predicted molar refractivity (Wildman–Crippen MR) is 78.3 cm³/mol. The number of benzene rings is 1. The van der Waals surface area contributed by atoms with E-state index in [0.29, 0.717) is 12.4 Å². The Morgan fingerprint density at radius 2 is 2.00 bits per heavy atom. The van der Waals surface area contributed by atoms with Crippen LogP contribution in [-0.4, -0.2) is 10.5 Å². The topological polar surface area (TPSA) is 51.2 Å². The number of furan rings is 1. The van der Waals surface area contributed by atoms with Gasteiger partial charge in [-0.15, -0.1) is 0 Å². The minimum atomic E-state index is 0.0387. The molecule has 0 unspecified atom stereocenters. The zero-order valence-corrected chi connectivity index (χ0v) is 11.9. The molecule has 20 heavy (non-hydrogen) atoms. The minimum absolute atomic E-state index is 0.0387. The first-order valence-electron chi connectivity index (χ1n) is 6.69. The monoisotopic (exact) mass is 270 g/mol. The Labute approximate surface area is 117 Å². The standard InChI is InChI=1S/C16H18N2O2/c1-16(2,3)18-9-15-17-8-14(20-15)12-10-19-13-7-5-4-6-11(12)13/h4-8,10,18H,9H2,1-3H3. The first kappa shape index (κ1) is 12.9. The average molecular weight is 270 g/mol. The van der Waals surface area contributed by atoms with Crippen molar-refractivity contribution in [2.24, 2.45) is 0 Å². The molecule has 0 saturated heterocycles. The summed E-state index contributed by atoms with van der Waals surface area (Å²) in [6, 6.07) is 7.90. The van der Waals surface area contributed by atoms with Crippen molar-refractivity contribution in [2.75, 3.05) is 0 Å².